The number of hydrazone groups is 1. The highest BCUT2D eigenvalue weighted by atomic mass is 16.4. The third-order valence-corrected chi connectivity index (χ3v) is 0.654. The molecule has 0 aliphatic heterocycles. The van der Waals surface area contributed by atoms with Gasteiger partial charge < -0.3 is 10.8 Å². The van der Waals surface area contributed by atoms with Crippen LogP contribution >= 0.6 is 0 Å². The van der Waals surface area contributed by atoms with Gasteiger partial charge in [-0.1, -0.05) is 0 Å². The molecular formula is C4H8N4O2. The van der Waals surface area contributed by atoms with Gasteiger partial charge in [-0.25, -0.2) is 10.2 Å². The number of carboxylic acids is 1. The Labute approximate surface area is 57.2 Å². The van der Waals surface area contributed by atoms with Crippen LogP contribution in [-0.2, 0) is 4.79 Å². The summed E-state index contributed by atoms with van der Waals surface area (Å²) in [6, 6.07) is 0. The molecule has 0 aliphatic carbocycles. The largest absolute Gasteiger partial charge is 0.477 e. The van der Waals surface area contributed by atoms with E-state index in [0.29, 0.717) is 0 Å². The molecule has 0 fully saturated rings. The van der Waals surface area contributed by atoms with Gasteiger partial charge in [-0.2, -0.15) is 5.10 Å². The maximum atomic E-state index is 10.0. The Balaban J connectivity index is 3.92. The second-order valence-electron chi connectivity index (χ2n) is 1.53. The van der Waals surface area contributed by atoms with Crippen molar-refractivity contribution in [2.45, 2.75) is 6.92 Å². The van der Waals surface area contributed by atoms with Gasteiger partial charge in [0.1, 0.15) is 5.71 Å². The van der Waals surface area contributed by atoms with Gasteiger partial charge in [0, 0.05) is 0 Å². The zero-order chi connectivity index (χ0) is 8.15. The predicted molar refractivity (Wildman–Crippen MR) is 35.8 cm³/mol. The fourth-order valence-corrected chi connectivity index (χ4v) is 0.192. The zero-order valence-electron chi connectivity index (χ0n) is 5.38. The van der Waals surface area contributed by atoms with Gasteiger partial charge in [-0.3, -0.25) is 5.41 Å². The van der Waals surface area contributed by atoms with E-state index in [9.17, 15) is 4.79 Å². The normalized spacial score (nSPS) is 10.7. The van der Waals surface area contributed by atoms with Crippen LogP contribution in [0.25, 0.3) is 0 Å². The van der Waals surface area contributed by atoms with Crippen LogP contribution in [0.5, 0.6) is 0 Å². The molecule has 0 rings (SSSR count). The highest BCUT2D eigenvalue weighted by Gasteiger charge is 1.99. The molecule has 10 heavy (non-hydrogen) atoms. The Kier molecular flexibility index (Phi) is 2.89. The molecule has 56 valence electrons. The van der Waals surface area contributed by atoms with Gasteiger partial charge in [0.25, 0.3) is 0 Å². The van der Waals surface area contributed by atoms with E-state index in [0.717, 1.165) is 0 Å². The molecule has 0 atom stereocenters. The third kappa shape index (κ3) is 3.42. The van der Waals surface area contributed by atoms with Crippen LogP contribution in [0.2, 0.25) is 0 Å². The fraction of sp³-hybridized carbons (Fsp3) is 0.250. The summed E-state index contributed by atoms with van der Waals surface area (Å²) in [5.41, 5.74) is 6.66. The number of aliphatic carboxylic acids is 1. The molecule has 5 N–H and O–H groups in total. The first-order valence-electron chi connectivity index (χ1n) is 2.41. The van der Waals surface area contributed by atoms with Crippen LogP contribution < -0.4 is 11.2 Å². The number of nitrogens with two attached hydrogens (primary N) is 1. The van der Waals surface area contributed by atoms with Crippen LogP contribution in [0.4, 0.5) is 0 Å². The lowest BCUT2D eigenvalue weighted by molar-refractivity contribution is -0.129. The summed E-state index contributed by atoms with van der Waals surface area (Å²) in [6.45, 7) is 1.29. The lowest BCUT2D eigenvalue weighted by Gasteiger charge is -1.94. The number of nitrogens with zero attached hydrogens (tertiary/aromatic N) is 1. The highest BCUT2D eigenvalue weighted by molar-refractivity contribution is 6.34. The minimum absolute atomic E-state index is 0.143. The van der Waals surface area contributed by atoms with E-state index >= 15 is 0 Å². The lowest BCUT2D eigenvalue weighted by Crippen LogP contribution is -2.27. The third-order valence-electron chi connectivity index (χ3n) is 0.654. The molecule has 0 spiro atoms. The van der Waals surface area contributed by atoms with Gasteiger partial charge in [0.05, 0.1) is 0 Å². The van der Waals surface area contributed by atoms with Crippen LogP contribution in [0.1, 0.15) is 6.92 Å². The maximum Gasteiger partial charge on any atom is 0.351 e. The van der Waals surface area contributed by atoms with Crippen LogP contribution in [0, 0.1) is 5.41 Å². The Morgan fingerprint density at radius 3 is 2.60 bits per heavy atom. The monoisotopic (exact) mass is 144 g/mol. The molecule has 0 saturated heterocycles. The molecule has 0 radical (unpaired) electrons. The molecule has 0 aromatic rings. The number of hydrogen-bond donors (Lipinski definition) is 4. The molecule has 6 nitrogen and oxygen atoms in total. The maximum absolute atomic E-state index is 10.0. The highest BCUT2D eigenvalue weighted by Crippen LogP contribution is 1.72. The number of guanidine groups is 1. The minimum Gasteiger partial charge on any atom is -0.477 e. The fourth-order valence-electron chi connectivity index (χ4n) is 0.192. The molecule has 0 aliphatic rings. The first-order valence-corrected chi connectivity index (χ1v) is 2.41. The molecule has 0 bridgehead atoms. The van der Waals surface area contributed by atoms with E-state index in [2.05, 4.69) is 5.10 Å². The van der Waals surface area contributed by atoms with Crippen molar-refractivity contribution in [1.82, 2.24) is 5.43 Å². The van der Waals surface area contributed by atoms with E-state index in [4.69, 9.17) is 16.2 Å². The summed E-state index contributed by atoms with van der Waals surface area (Å²) in [7, 11) is 0. The number of carboxylic acid groups (broad SMARTS) is 1. The van der Waals surface area contributed by atoms with Crippen molar-refractivity contribution < 1.29 is 9.90 Å². The van der Waals surface area contributed by atoms with Gasteiger partial charge in [0.15, 0.2) is 0 Å². The second kappa shape index (κ2) is 3.44. The smallest absolute Gasteiger partial charge is 0.351 e. The minimum atomic E-state index is -1.14. The van der Waals surface area contributed by atoms with Crippen molar-refractivity contribution in [2.75, 3.05) is 0 Å². The first-order chi connectivity index (χ1) is 4.54. The van der Waals surface area contributed by atoms with Crippen molar-refractivity contribution in [3.05, 3.63) is 0 Å². The molecule has 0 saturated carbocycles. The Hall–Kier alpha value is -1.59. The van der Waals surface area contributed by atoms with E-state index in [1.165, 1.54) is 6.92 Å². The van der Waals surface area contributed by atoms with Crippen molar-refractivity contribution >= 4 is 17.6 Å². The summed E-state index contributed by atoms with van der Waals surface area (Å²) in [6.07, 6.45) is 0. The van der Waals surface area contributed by atoms with E-state index in [1.54, 1.807) is 0 Å². The van der Waals surface area contributed by atoms with Gasteiger partial charge in [-0.05, 0) is 6.92 Å². The standard InChI is InChI=1S/C4H8N4O2/c1-2(3(9)10)7-8-4(5)6/h1H3,(H,9,10)(H4,5,6,8). The van der Waals surface area contributed by atoms with Crippen LogP contribution in [-0.4, -0.2) is 22.7 Å². The van der Waals surface area contributed by atoms with Crippen molar-refractivity contribution in [1.29, 1.82) is 5.41 Å². The summed E-state index contributed by atoms with van der Waals surface area (Å²) in [4.78, 5) is 10.0. The number of rotatable bonds is 2. The molecular weight excluding hydrogens is 136 g/mol. The molecule has 0 unspecified atom stereocenters. The van der Waals surface area contributed by atoms with E-state index in [1.807, 2.05) is 5.43 Å². The Morgan fingerprint density at radius 1 is 1.80 bits per heavy atom. The van der Waals surface area contributed by atoms with Gasteiger partial charge in [-0.15, -0.1) is 0 Å². The lowest BCUT2D eigenvalue weighted by atomic mass is 10.4. The Bertz CT molecular complexity index is 186. The molecule has 0 heterocycles. The summed E-state index contributed by atoms with van der Waals surface area (Å²) in [5, 5.41) is 18.0. The number of carbonyl (C=O) groups is 1. The average Bonchev–Trinajstić information content (AvgIpc) is 1.82. The predicted octanol–water partition coefficient (Wildman–Crippen LogP) is -1.07. The van der Waals surface area contributed by atoms with Gasteiger partial charge in [0.2, 0.25) is 5.96 Å². The van der Waals surface area contributed by atoms with Crippen molar-refractivity contribution in [3.8, 4) is 0 Å². The SMILES string of the molecule is CC(=NNC(=N)N)C(=O)O. The van der Waals surface area contributed by atoms with E-state index in [-0.39, 0.29) is 11.7 Å². The van der Waals surface area contributed by atoms with Crippen LogP contribution in [0.3, 0.4) is 0 Å². The molecule has 0 amide bonds. The quantitative estimate of drug-likeness (QED) is 0.224. The molecule has 0 aromatic heterocycles. The molecule has 0 aromatic carbocycles. The first kappa shape index (κ1) is 8.41. The second-order valence-corrected chi connectivity index (χ2v) is 1.53. The van der Waals surface area contributed by atoms with Gasteiger partial charge >= 0.3 is 5.97 Å². The van der Waals surface area contributed by atoms with Crippen molar-refractivity contribution in [3.63, 3.8) is 0 Å². The van der Waals surface area contributed by atoms with Crippen molar-refractivity contribution in [2.24, 2.45) is 10.8 Å². The number of hydrogen-bond acceptors (Lipinski definition) is 3. The Morgan fingerprint density at radius 2 is 2.30 bits per heavy atom. The summed E-state index contributed by atoms with van der Waals surface area (Å²) < 4.78 is 0. The topological polar surface area (TPSA) is 112 Å². The summed E-state index contributed by atoms with van der Waals surface area (Å²) in [5.74, 6) is -1.53. The zero-order valence-corrected chi connectivity index (χ0v) is 5.38. The summed E-state index contributed by atoms with van der Waals surface area (Å²) >= 11 is 0. The molecule has 6 heteroatoms. The van der Waals surface area contributed by atoms with Crippen LogP contribution in [0.15, 0.2) is 5.10 Å². The van der Waals surface area contributed by atoms with E-state index < -0.39 is 5.97 Å². The number of nitrogens with one attached hydrogen (secondary N) is 2. The average molecular weight is 144 g/mol.